The van der Waals surface area contributed by atoms with Crippen molar-refractivity contribution in [3.8, 4) is 0 Å². The quantitative estimate of drug-likeness (QED) is 0.823. The van der Waals surface area contributed by atoms with Crippen LogP contribution in [0.5, 0.6) is 0 Å². The maximum Gasteiger partial charge on any atom is 0.128 e. The first kappa shape index (κ1) is 15.9. The molecule has 1 heterocycles. The van der Waals surface area contributed by atoms with E-state index in [1.165, 1.54) is 0 Å². The summed E-state index contributed by atoms with van der Waals surface area (Å²) in [6.07, 6.45) is 1.85. The molecule has 2 aromatic rings. The third-order valence-electron chi connectivity index (χ3n) is 3.25. The number of nitrogens with one attached hydrogen (secondary N) is 1. The number of hydrogen-bond donors (Lipinski definition) is 1. The second kappa shape index (κ2) is 7.53. The molecular formula is C16H19Cl2N3. The molecule has 1 aromatic carbocycles. The summed E-state index contributed by atoms with van der Waals surface area (Å²) in [4.78, 5) is 6.69. The van der Waals surface area contributed by atoms with Gasteiger partial charge < -0.3 is 10.2 Å². The Hall–Kier alpha value is -1.45. The van der Waals surface area contributed by atoms with Crippen molar-refractivity contribution in [3.63, 3.8) is 0 Å². The highest BCUT2D eigenvalue weighted by molar-refractivity contribution is 6.34. The summed E-state index contributed by atoms with van der Waals surface area (Å²) in [6, 6.07) is 9.59. The number of anilines is 2. The first-order chi connectivity index (χ1) is 10.1. The van der Waals surface area contributed by atoms with E-state index in [1.807, 2.05) is 30.5 Å². The van der Waals surface area contributed by atoms with Crippen LogP contribution in [0.15, 0.2) is 36.5 Å². The number of hydrogen-bond acceptors (Lipinski definition) is 3. The van der Waals surface area contributed by atoms with Crippen molar-refractivity contribution in [1.82, 2.24) is 4.98 Å². The summed E-state index contributed by atoms with van der Waals surface area (Å²) < 4.78 is 0. The van der Waals surface area contributed by atoms with E-state index >= 15 is 0 Å². The zero-order valence-corrected chi connectivity index (χ0v) is 13.7. The normalized spacial score (nSPS) is 10.5. The fourth-order valence-electron chi connectivity index (χ4n) is 2.14. The van der Waals surface area contributed by atoms with Crippen LogP contribution in [-0.4, -0.2) is 18.1 Å². The lowest BCUT2D eigenvalue weighted by molar-refractivity contribution is 0.846. The van der Waals surface area contributed by atoms with Gasteiger partial charge in [-0.1, -0.05) is 23.2 Å². The molecule has 0 spiro atoms. The molecule has 0 aliphatic carbocycles. The van der Waals surface area contributed by atoms with Gasteiger partial charge in [0.05, 0.1) is 11.9 Å². The maximum atomic E-state index is 5.99. The number of halogens is 2. The average molecular weight is 324 g/mol. The number of pyridine rings is 1. The third-order valence-corrected chi connectivity index (χ3v) is 3.69. The lowest BCUT2D eigenvalue weighted by atomic mass is 10.2. The van der Waals surface area contributed by atoms with Crippen LogP contribution in [0.1, 0.15) is 19.4 Å². The molecule has 112 valence electrons. The standard InChI is InChI=1S/C16H19Cl2N3/c1-3-21(4-2)16-6-5-15(11-20-16)19-10-12-7-13(17)9-14(18)8-12/h5-9,11,19H,3-4,10H2,1-2H3. The van der Waals surface area contributed by atoms with Gasteiger partial charge in [-0.25, -0.2) is 4.98 Å². The number of aromatic nitrogens is 1. The third kappa shape index (κ3) is 4.51. The molecule has 5 heteroatoms. The van der Waals surface area contributed by atoms with Crippen molar-refractivity contribution in [2.75, 3.05) is 23.3 Å². The minimum Gasteiger partial charge on any atom is -0.380 e. The molecule has 0 aliphatic rings. The SMILES string of the molecule is CCN(CC)c1ccc(NCc2cc(Cl)cc(Cl)c2)cn1. The summed E-state index contributed by atoms with van der Waals surface area (Å²) in [5, 5.41) is 4.61. The molecule has 3 nitrogen and oxygen atoms in total. The van der Waals surface area contributed by atoms with Crippen LogP contribution >= 0.6 is 23.2 Å². The highest BCUT2D eigenvalue weighted by atomic mass is 35.5. The van der Waals surface area contributed by atoms with Gasteiger partial charge in [0.15, 0.2) is 0 Å². The predicted molar refractivity (Wildman–Crippen MR) is 91.6 cm³/mol. The topological polar surface area (TPSA) is 28.2 Å². The lowest BCUT2D eigenvalue weighted by Crippen LogP contribution is -2.22. The van der Waals surface area contributed by atoms with Gasteiger partial charge in [0.2, 0.25) is 0 Å². The van der Waals surface area contributed by atoms with Crippen LogP contribution in [0.25, 0.3) is 0 Å². The summed E-state index contributed by atoms with van der Waals surface area (Å²) >= 11 is 12.0. The smallest absolute Gasteiger partial charge is 0.128 e. The van der Waals surface area contributed by atoms with E-state index in [-0.39, 0.29) is 0 Å². The Balaban J connectivity index is 2.00. The largest absolute Gasteiger partial charge is 0.380 e. The van der Waals surface area contributed by atoms with Crippen LogP contribution in [0.4, 0.5) is 11.5 Å². The van der Waals surface area contributed by atoms with E-state index in [4.69, 9.17) is 23.2 Å². The molecule has 0 saturated carbocycles. The van der Waals surface area contributed by atoms with Gasteiger partial charge in [0.25, 0.3) is 0 Å². The van der Waals surface area contributed by atoms with Gasteiger partial charge in [0.1, 0.15) is 5.82 Å². The zero-order valence-electron chi connectivity index (χ0n) is 12.2. The summed E-state index contributed by atoms with van der Waals surface area (Å²) in [5.41, 5.74) is 2.02. The Morgan fingerprint density at radius 1 is 1.05 bits per heavy atom. The number of rotatable bonds is 6. The Morgan fingerprint density at radius 2 is 1.71 bits per heavy atom. The minimum absolute atomic E-state index is 0.648. The van der Waals surface area contributed by atoms with Crippen LogP contribution in [0.2, 0.25) is 10.0 Å². The van der Waals surface area contributed by atoms with Crippen molar-refractivity contribution in [3.05, 3.63) is 52.1 Å². The van der Waals surface area contributed by atoms with E-state index in [0.29, 0.717) is 16.6 Å². The highest BCUT2D eigenvalue weighted by Crippen LogP contribution is 2.20. The van der Waals surface area contributed by atoms with Gasteiger partial charge in [0, 0.05) is 29.7 Å². The number of nitrogens with zero attached hydrogens (tertiary/aromatic N) is 2. The molecule has 0 bridgehead atoms. The first-order valence-corrected chi connectivity index (χ1v) is 7.77. The second-order valence-electron chi connectivity index (χ2n) is 4.71. The molecule has 0 saturated heterocycles. The Bertz CT molecular complexity index is 560. The van der Waals surface area contributed by atoms with E-state index in [0.717, 1.165) is 30.2 Å². The van der Waals surface area contributed by atoms with Gasteiger partial charge in [-0.15, -0.1) is 0 Å². The van der Waals surface area contributed by atoms with Crippen molar-refractivity contribution < 1.29 is 0 Å². The molecule has 0 radical (unpaired) electrons. The lowest BCUT2D eigenvalue weighted by Gasteiger charge is -2.19. The van der Waals surface area contributed by atoms with Crippen LogP contribution in [-0.2, 0) is 6.54 Å². The predicted octanol–water partition coefficient (Wildman–Crippen LogP) is 4.85. The van der Waals surface area contributed by atoms with E-state index < -0.39 is 0 Å². The summed E-state index contributed by atoms with van der Waals surface area (Å²) in [7, 11) is 0. The zero-order chi connectivity index (χ0) is 15.2. The van der Waals surface area contributed by atoms with E-state index in [1.54, 1.807) is 6.07 Å². The fraction of sp³-hybridized carbons (Fsp3) is 0.312. The molecule has 1 aromatic heterocycles. The Labute approximate surface area is 135 Å². The average Bonchev–Trinajstić information content (AvgIpc) is 2.47. The molecule has 0 aliphatic heterocycles. The fourth-order valence-corrected chi connectivity index (χ4v) is 2.71. The molecular weight excluding hydrogens is 305 g/mol. The van der Waals surface area contributed by atoms with E-state index in [2.05, 4.69) is 29.0 Å². The second-order valence-corrected chi connectivity index (χ2v) is 5.58. The molecule has 0 unspecified atom stereocenters. The van der Waals surface area contributed by atoms with Crippen LogP contribution in [0.3, 0.4) is 0 Å². The van der Waals surface area contributed by atoms with Gasteiger partial charge in [-0.3, -0.25) is 0 Å². The molecule has 21 heavy (non-hydrogen) atoms. The number of benzene rings is 1. The molecule has 0 atom stereocenters. The van der Waals surface area contributed by atoms with Crippen molar-refractivity contribution in [2.24, 2.45) is 0 Å². The van der Waals surface area contributed by atoms with Crippen LogP contribution < -0.4 is 10.2 Å². The molecule has 0 amide bonds. The van der Waals surface area contributed by atoms with Crippen molar-refractivity contribution >= 4 is 34.7 Å². The van der Waals surface area contributed by atoms with Crippen molar-refractivity contribution in [1.29, 1.82) is 0 Å². The van der Waals surface area contributed by atoms with E-state index in [9.17, 15) is 0 Å². The summed E-state index contributed by atoms with van der Waals surface area (Å²) in [5.74, 6) is 0.997. The van der Waals surface area contributed by atoms with Gasteiger partial charge >= 0.3 is 0 Å². The first-order valence-electron chi connectivity index (χ1n) is 7.02. The Morgan fingerprint density at radius 3 is 2.24 bits per heavy atom. The van der Waals surface area contributed by atoms with Gasteiger partial charge in [-0.2, -0.15) is 0 Å². The molecule has 1 N–H and O–H groups in total. The van der Waals surface area contributed by atoms with Crippen molar-refractivity contribution in [2.45, 2.75) is 20.4 Å². The minimum atomic E-state index is 0.648. The monoisotopic (exact) mass is 323 g/mol. The van der Waals surface area contributed by atoms with Crippen LogP contribution in [0, 0.1) is 0 Å². The Kier molecular flexibility index (Phi) is 5.71. The maximum absolute atomic E-state index is 5.99. The van der Waals surface area contributed by atoms with Gasteiger partial charge in [-0.05, 0) is 49.7 Å². The molecule has 0 fully saturated rings. The molecule has 2 rings (SSSR count). The summed E-state index contributed by atoms with van der Waals surface area (Å²) in [6.45, 7) is 6.82. The highest BCUT2D eigenvalue weighted by Gasteiger charge is 2.03.